The Kier molecular flexibility index (Phi) is 31.6. The lowest BCUT2D eigenvalue weighted by atomic mass is 10.0. The smallest absolute Gasteiger partial charge is 0.306 e. The molecule has 225 valence electrons. The first-order valence-corrected chi connectivity index (χ1v) is 17.3. The number of ether oxygens (including phenoxy) is 1. The Labute approximate surface area is 239 Å². The number of esters is 1. The topological polar surface area (TPSA) is 43.4 Å². The highest BCUT2D eigenvalue weighted by Gasteiger charge is 2.14. The third kappa shape index (κ3) is 29.7. The van der Waals surface area contributed by atoms with Gasteiger partial charge < -0.3 is 4.74 Å². The summed E-state index contributed by atoms with van der Waals surface area (Å²) < 4.78 is 5.58. The van der Waals surface area contributed by atoms with Crippen molar-refractivity contribution in [2.24, 2.45) is 0 Å². The Bertz CT molecular complexity index is 476. The van der Waals surface area contributed by atoms with Crippen molar-refractivity contribution in [3.63, 3.8) is 0 Å². The van der Waals surface area contributed by atoms with Gasteiger partial charge in [-0.3, -0.25) is 9.59 Å². The summed E-state index contributed by atoms with van der Waals surface area (Å²) in [4.78, 5) is 23.0. The van der Waals surface area contributed by atoms with Gasteiger partial charge in [0.05, 0.1) is 6.42 Å². The standard InChI is InChI=1S/C35H67O3/c1-3-5-7-9-11-12-13-14-15-16-17-18-19-20-21-22-23-25-27-29-31-35(37)38-34(32-33-36)30-28-26-24-10-8-6-4-2/h34H,3-32H2,1-2H3. The van der Waals surface area contributed by atoms with Crippen LogP contribution >= 0.6 is 0 Å². The second-order valence-corrected chi connectivity index (χ2v) is 11.8. The zero-order valence-corrected chi connectivity index (χ0v) is 26.0. The Morgan fingerprint density at radius 1 is 0.500 bits per heavy atom. The average Bonchev–Trinajstić information content (AvgIpc) is 2.91. The second kappa shape index (κ2) is 32.4. The molecule has 0 rings (SSSR count). The van der Waals surface area contributed by atoms with Gasteiger partial charge in [0.2, 0.25) is 6.29 Å². The van der Waals surface area contributed by atoms with Crippen LogP contribution in [0.1, 0.15) is 206 Å². The number of rotatable bonds is 32. The fraction of sp³-hybridized carbons (Fsp3) is 0.943. The first-order valence-electron chi connectivity index (χ1n) is 17.3. The van der Waals surface area contributed by atoms with Crippen molar-refractivity contribution in [3.05, 3.63) is 0 Å². The molecule has 0 N–H and O–H groups in total. The normalized spacial score (nSPS) is 12.1. The van der Waals surface area contributed by atoms with Gasteiger partial charge in [0.1, 0.15) is 6.10 Å². The molecular formula is C35H67O3. The number of unbranched alkanes of at least 4 members (excludes halogenated alkanes) is 25. The Morgan fingerprint density at radius 2 is 0.816 bits per heavy atom. The summed E-state index contributed by atoms with van der Waals surface area (Å²) in [7, 11) is 0. The van der Waals surface area contributed by atoms with Gasteiger partial charge in [-0.1, -0.05) is 174 Å². The highest BCUT2D eigenvalue weighted by Crippen LogP contribution is 2.16. The van der Waals surface area contributed by atoms with Crippen LogP contribution in [0.25, 0.3) is 0 Å². The molecule has 3 nitrogen and oxygen atoms in total. The maximum Gasteiger partial charge on any atom is 0.306 e. The van der Waals surface area contributed by atoms with Gasteiger partial charge in [0.15, 0.2) is 0 Å². The van der Waals surface area contributed by atoms with Gasteiger partial charge in [-0.2, -0.15) is 0 Å². The van der Waals surface area contributed by atoms with E-state index < -0.39 is 0 Å². The van der Waals surface area contributed by atoms with E-state index >= 15 is 0 Å². The van der Waals surface area contributed by atoms with E-state index in [1.54, 1.807) is 0 Å². The summed E-state index contributed by atoms with van der Waals surface area (Å²) in [6.45, 7) is 4.52. The maximum absolute atomic E-state index is 12.2. The van der Waals surface area contributed by atoms with Crippen molar-refractivity contribution in [1.82, 2.24) is 0 Å². The third-order valence-electron chi connectivity index (χ3n) is 7.97. The van der Waals surface area contributed by atoms with Crippen LogP contribution in [0.5, 0.6) is 0 Å². The summed E-state index contributed by atoms with van der Waals surface area (Å²) >= 11 is 0. The predicted molar refractivity (Wildman–Crippen MR) is 165 cm³/mol. The molecule has 1 unspecified atom stereocenters. The first-order chi connectivity index (χ1) is 18.7. The van der Waals surface area contributed by atoms with Crippen LogP contribution in [0.4, 0.5) is 0 Å². The zero-order chi connectivity index (χ0) is 27.8. The Morgan fingerprint density at radius 3 is 1.16 bits per heavy atom. The van der Waals surface area contributed by atoms with Crippen molar-refractivity contribution in [3.8, 4) is 0 Å². The van der Waals surface area contributed by atoms with E-state index in [0.717, 1.165) is 32.1 Å². The van der Waals surface area contributed by atoms with E-state index in [0.29, 0.717) is 6.42 Å². The molecule has 3 heteroatoms. The number of carbonyl (C=O) groups excluding carboxylic acids is 2. The Hall–Kier alpha value is -0.860. The van der Waals surface area contributed by atoms with Crippen LogP contribution in [0.15, 0.2) is 0 Å². The van der Waals surface area contributed by atoms with Crippen molar-refractivity contribution in [2.45, 2.75) is 213 Å². The van der Waals surface area contributed by atoms with Crippen LogP contribution in [-0.4, -0.2) is 18.4 Å². The molecule has 0 saturated carbocycles. The molecule has 0 aliphatic rings. The minimum atomic E-state index is -0.263. The fourth-order valence-corrected chi connectivity index (χ4v) is 5.39. The summed E-state index contributed by atoms with van der Waals surface area (Å²) in [6.07, 6.45) is 39.0. The fourth-order valence-electron chi connectivity index (χ4n) is 5.39. The molecule has 0 aromatic heterocycles. The molecule has 1 atom stereocenters. The van der Waals surface area contributed by atoms with Crippen LogP contribution in [-0.2, 0) is 14.3 Å². The lowest BCUT2D eigenvalue weighted by Gasteiger charge is -2.15. The summed E-state index contributed by atoms with van der Waals surface area (Å²) in [5, 5.41) is 0. The molecule has 0 amide bonds. The van der Waals surface area contributed by atoms with Crippen molar-refractivity contribution in [2.75, 3.05) is 0 Å². The number of hydrogen-bond acceptors (Lipinski definition) is 3. The van der Waals surface area contributed by atoms with E-state index in [-0.39, 0.29) is 18.5 Å². The summed E-state index contributed by atoms with van der Waals surface area (Å²) in [6, 6.07) is 0. The van der Waals surface area contributed by atoms with E-state index in [1.807, 2.05) is 6.29 Å². The lowest BCUT2D eigenvalue weighted by Crippen LogP contribution is -2.18. The van der Waals surface area contributed by atoms with E-state index in [9.17, 15) is 9.59 Å². The minimum Gasteiger partial charge on any atom is -0.462 e. The van der Waals surface area contributed by atoms with Gasteiger partial charge in [0, 0.05) is 6.42 Å². The van der Waals surface area contributed by atoms with Crippen molar-refractivity contribution >= 4 is 12.3 Å². The molecule has 0 heterocycles. The van der Waals surface area contributed by atoms with E-state index in [1.165, 1.54) is 148 Å². The predicted octanol–water partition coefficient (Wildman–Crippen LogP) is 11.8. The minimum absolute atomic E-state index is 0.129. The van der Waals surface area contributed by atoms with Crippen LogP contribution in [0.2, 0.25) is 0 Å². The molecule has 0 aromatic rings. The monoisotopic (exact) mass is 536 g/mol. The molecule has 0 saturated heterocycles. The molecule has 0 aliphatic carbocycles. The molecule has 0 spiro atoms. The van der Waals surface area contributed by atoms with Gasteiger partial charge in [-0.15, -0.1) is 0 Å². The summed E-state index contributed by atoms with van der Waals surface area (Å²) in [5.74, 6) is -0.129. The van der Waals surface area contributed by atoms with Gasteiger partial charge in [0.25, 0.3) is 0 Å². The molecule has 38 heavy (non-hydrogen) atoms. The zero-order valence-electron chi connectivity index (χ0n) is 26.0. The van der Waals surface area contributed by atoms with Crippen molar-refractivity contribution in [1.29, 1.82) is 0 Å². The highest BCUT2D eigenvalue weighted by molar-refractivity contribution is 5.69. The molecule has 1 radical (unpaired) electrons. The van der Waals surface area contributed by atoms with Gasteiger partial charge in [-0.05, 0) is 19.3 Å². The first kappa shape index (κ1) is 37.1. The molecule has 0 aliphatic heterocycles. The molecular weight excluding hydrogens is 468 g/mol. The van der Waals surface area contributed by atoms with Crippen LogP contribution in [0.3, 0.4) is 0 Å². The van der Waals surface area contributed by atoms with E-state index in [4.69, 9.17) is 4.74 Å². The number of carbonyl (C=O) groups is 1. The maximum atomic E-state index is 12.2. The van der Waals surface area contributed by atoms with Crippen LogP contribution in [0, 0.1) is 0 Å². The van der Waals surface area contributed by atoms with Crippen LogP contribution < -0.4 is 0 Å². The lowest BCUT2D eigenvalue weighted by molar-refractivity contribution is -0.149. The average molecular weight is 536 g/mol. The highest BCUT2D eigenvalue weighted by atomic mass is 16.5. The Balaban J connectivity index is 3.40. The summed E-state index contributed by atoms with van der Waals surface area (Å²) in [5.41, 5.74) is 0. The van der Waals surface area contributed by atoms with Gasteiger partial charge >= 0.3 is 5.97 Å². The second-order valence-electron chi connectivity index (χ2n) is 11.8. The van der Waals surface area contributed by atoms with Gasteiger partial charge in [-0.25, -0.2) is 0 Å². The number of hydrogen-bond donors (Lipinski definition) is 0. The molecule has 0 aromatic carbocycles. The van der Waals surface area contributed by atoms with Crippen molar-refractivity contribution < 1.29 is 14.3 Å². The molecule has 0 bridgehead atoms. The molecule has 0 fully saturated rings. The largest absolute Gasteiger partial charge is 0.462 e. The third-order valence-corrected chi connectivity index (χ3v) is 7.97. The SMILES string of the molecule is CCCCCCCCCCCCCCCCCCCCCCC(=O)OC(C[C]=O)CCCCCCCCC. The quantitative estimate of drug-likeness (QED) is 0.0635. The van der Waals surface area contributed by atoms with E-state index in [2.05, 4.69) is 13.8 Å².